The molecular weight excluding hydrogens is 366 g/mol. The van der Waals surface area contributed by atoms with Gasteiger partial charge in [-0.25, -0.2) is 0 Å². The summed E-state index contributed by atoms with van der Waals surface area (Å²) in [6.07, 6.45) is 9.47. The summed E-state index contributed by atoms with van der Waals surface area (Å²) in [7, 11) is 0. The summed E-state index contributed by atoms with van der Waals surface area (Å²) in [6, 6.07) is 7.88. The van der Waals surface area contributed by atoms with Crippen molar-refractivity contribution >= 4 is 23.0 Å². The zero-order valence-electron chi connectivity index (χ0n) is 17.2. The van der Waals surface area contributed by atoms with Gasteiger partial charge in [0.1, 0.15) is 5.78 Å². The predicted molar refractivity (Wildman–Crippen MR) is 120 cm³/mol. The van der Waals surface area contributed by atoms with E-state index in [4.69, 9.17) is 11.6 Å². The Bertz CT molecular complexity index is 971. The molecule has 1 aromatic carbocycles. The Balaban J connectivity index is 2.27. The standard InChI is InChI=1S/C25H28ClNO/c1-6-7-8-9-17(2)23-22-15-25(4,5)16-27(22)21(14-18(3)28)24(23)19-10-12-20(26)13-11-19/h6-13H,2,14-16H2,1,3-5H3/b7-6-,9-8-. The molecule has 2 aromatic rings. The van der Waals surface area contributed by atoms with Crippen molar-refractivity contribution in [3.63, 3.8) is 0 Å². The smallest absolute Gasteiger partial charge is 0.135 e. The second kappa shape index (κ2) is 7.97. The van der Waals surface area contributed by atoms with Gasteiger partial charge < -0.3 is 4.57 Å². The summed E-state index contributed by atoms with van der Waals surface area (Å²) < 4.78 is 2.36. The molecule has 28 heavy (non-hydrogen) atoms. The molecular formula is C25H28ClNO. The summed E-state index contributed by atoms with van der Waals surface area (Å²) in [5.41, 5.74) is 6.86. The van der Waals surface area contributed by atoms with Crippen LogP contribution in [0.3, 0.4) is 0 Å². The first-order valence-electron chi connectivity index (χ1n) is 9.72. The van der Waals surface area contributed by atoms with Crippen LogP contribution in [-0.4, -0.2) is 10.4 Å². The Morgan fingerprint density at radius 2 is 1.93 bits per heavy atom. The molecule has 1 aliphatic heterocycles. The van der Waals surface area contributed by atoms with Crippen LogP contribution < -0.4 is 0 Å². The third-order valence-corrected chi connectivity index (χ3v) is 5.43. The van der Waals surface area contributed by atoms with Crippen molar-refractivity contribution in [2.24, 2.45) is 5.41 Å². The summed E-state index contributed by atoms with van der Waals surface area (Å²) in [5, 5.41) is 0.707. The fourth-order valence-corrected chi connectivity index (χ4v) is 4.22. The minimum Gasteiger partial charge on any atom is -0.346 e. The van der Waals surface area contributed by atoms with Crippen LogP contribution in [0.1, 0.15) is 44.6 Å². The van der Waals surface area contributed by atoms with E-state index >= 15 is 0 Å². The van der Waals surface area contributed by atoms with Crippen molar-refractivity contribution in [1.29, 1.82) is 0 Å². The van der Waals surface area contributed by atoms with Crippen molar-refractivity contribution in [1.82, 2.24) is 4.57 Å². The average molecular weight is 394 g/mol. The van der Waals surface area contributed by atoms with Gasteiger partial charge in [-0.3, -0.25) is 4.79 Å². The molecule has 0 unspecified atom stereocenters. The minimum atomic E-state index is 0.168. The fraction of sp³-hybridized carbons (Fsp3) is 0.320. The molecule has 0 spiro atoms. The Morgan fingerprint density at radius 3 is 2.54 bits per heavy atom. The molecule has 0 N–H and O–H groups in total. The van der Waals surface area contributed by atoms with Gasteiger partial charge >= 0.3 is 0 Å². The van der Waals surface area contributed by atoms with E-state index in [0.717, 1.165) is 40.9 Å². The molecule has 0 bridgehead atoms. The third kappa shape index (κ3) is 4.07. The number of hydrogen-bond acceptors (Lipinski definition) is 1. The number of carbonyl (C=O) groups excluding carboxylic acids is 1. The highest BCUT2D eigenvalue weighted by Gasteiger charge is 2.36. The van der Waals surface area contributed by atoms with Crippen LogP contribution in [0.25, 0.3) is 16.7 Å². The molecule has 3 rings (SSSR count). The molecule has 0 radical (unpaired) electrons. The lowest BCUT2D eigenvalue weighted by molar-refractivity contribution is -0.116. The number of rotatable bonds is 6. The number of allylic oxidation sites excluding steroid dienone is 5. The van der Waals surface area contributed by atoms with E-state index in [1.807, 2.05) is 49.4 Å². The van der Waals surface area contributed by atoms with Crippen LogP contribution in [0.2, 0.25) is 5.02 Å². The molecule has 1 aromatic heterocycles. The summed E-state index contributed by atoms with van der Waals surface area (Å²) in [6.45, 7) is 13.5. The van der Waals surface area contributed by atoms with Gasteiger partial charge in [0, 0.05) is 40.5 Å². The average Bonchev–Trinajstić information content (AvgIpc) is 3.06. The van der Waals surface area contributed by atoms with Gasteiger partial charge in [0.25, 0.3) is 0 Å². The Labute approximate surface area is 173 Å². The number of nitrogens with zero attached hydrogens (tertiary/aromatic N) is 1. The number of carbonyl (C=O) groups is 1. The molecule has 146 valence electrons. The van der Waals surface area contributed by atoms with E-state index in [1.54, 1.807) is 6.92 Å². The van der Waals surface area contributed by atoms with E-state index in [-0.39, 0.29) is 11.2 Å². The Morgan fingerprint density at radius 1 is 1.25 bits per heavy atom. The second-order valence-corrected chi connectivity index (χ2v) is 8.80. The Kier molecular flexibility index (Phi) is 5.81. The lowest BCUT2D eigenvalue weighted by Crippen LogP contribution is -2.15. The normalized spacial score (nSPS) is 15.5. The van der Waals surface area contributed by atoms with Crippen molar-refractivity contribution in [2.75, 3.05) is 0 Å². The van der Waals surface area contributed by atoms with E-state index in [9.17, 15) is 4.79 Å². The second-order valence-electron chi connectivity index (χ2n) is 8.37. The monoisotopic (exact) mass is 393 g/mol. The Hall–Kier alpha value is -2.32. The lowest BCUT2D eigenvalue weighted by atomic mass is 9.86. The molecule has 0 saturated heterocycles. The predicted octanol–water partition coefficient (Wildman–Crippen LogP) is 6.67. The summed E-state index contributed by atoms with van der Waals surface area (Å²) in [4.78, 5) is 12.1. The van der Waals surface area contributed by atoms with Crippen molar-refractivity contribution in [2.45, 2.75) is 47.1 Å². The maximum Gasteiger partial charge on any atom is 0.135 e. The van der Waals surface area contributed by atoms with Gasteiger partial charge in [-0.15, -0.1) is 0 Å². The molecule has 2 heterocycles. The topological polar surface area (TPSA) is 22.0 Å². The largest absolute Gasteiger partial charge is 0.346 e. The first-order valence-corrected chi connectivity index (χ1v) is 10.1. The number of fused-ring (bicyclic) bond motifs is 1. The number of aromatic nitrogens is 1. The van der Waals surface area contributed by atoms with Crippen LogP contribution in [0.15, 0.2) is 55.1 Å². The van der Waals surface area contributed by atoms with Crippen LogP contribution >= 0.6 is 11.6 Å². The fourth-order valence-electron chi connectivity index (χ4n) is 4.09. The van der Waals surface area contributed by atoms with Gasteiger partial charge in [0.2, 0.25) is 0 Å². The van der Waals surface area contributed by atoms with Gasteiger partial charge in [0.15, 0.2) is 0 Å². The highest BCUT2D eigenvalue weighted by molar-refractivity contribution is 6.30. The SMILES string of the molecule is C=C(/C=C\C=C/C)c1c(-c2ccc(Cl)cc2)c(CC(C)=O)n2c1CC(C)(C)C2. The first-order chi connectivity index (χ1) is 13.2. The molecule has 0 aliphatic carbocycles. The van der Waals surface area contributed by atoms with Crippen LogP contribution in [0, 0.1) is 5.41 Å². The lowest BCUT2D eigenvalue weighted by Gasteiger charge is -2.19. The molecule has 3 heteroatoms. The molecule has 0 fully saturated rings. The first kappa shape index (κ1) is 20.4. The summed E-state index contributed by atoms with van der Waals surface area (Å²) >= 11 is 6.13. The van der Waals surface area contributed by atoms with Gasteiger partial charge in [-0.05, 0) is 49.0 Å². The number of benzene rings is 1. The van der Waals surface area contributed by atoms with Gasteiger partial charge in [-0.2, -0.15) is 0 Å². The zero-order chi connectivity index (χ0) is 20.5. The van der Waals surface area contributed by atoms with Crippen molar-refractivity contribution < 1.29 is 4.79 Å². The molecule has 2 nitrogen and oxygen atoms in total. The minimum absolute atomic E-state index is 0.168. The van der Waals surface area contributed by atoms with Gasteiger partial charge in [-0.1, -0.05) is 68.5 Å². The number of ketones is 1. The number of Topliss-reactive ketones (excluding diaryl/α,β-unsaturated/α-hetero) is 1. The van der Waals surface area contributed by atoms with Crippen molar-refractivity contribution in [3.8, 4) is 11.1 Å². The van der Waals surface area contributed by atoms with Crippen molar-refractivity contribution in [3.05, 3.63) is 77.1 Å². The highest BCUT2D eigenvalue weighted by atomic mass is 35.5. The maximum absolute atomic E-state index is 12.1. The molecule has 1 aliphatic rings. The third-order valence-electron chi connectivity index (χ3n) is 5.18. The quantitative estimate of drug-likeness (QED) is 0.502. The van der Waals surface area contributed by atoms with E-state index in [2.05, 4.69) is 31.1 Å². The molecule has 0 atom stereocenters. The highest BCUT2D eigenvalue weighted by Crippen LogP contribution is 2.45. The maximum atomic E-state index is 12.1. The van der Waals surface area contributed by atoms with E-state index in [0.29, 0.717) is 11.4 Å². The molecule has 0 saturated carbocycles. The van der Waals surface area contributed by atoms with Crippen LogP contribution in [0.4, 0.5) is 0 Å². The van der Waals surface area contributed by atoms with E-state index in [1.165, 1.54) is 5.69 Å². The number of hydrogen-bond donors (Lipinski definition) is 0. The van der Waals surface area contributed by atoms with Gasteiger partial charge in [0.05, 0.1) is 0 Å². The van der Waals surface area contributed by atoms with E-state index < -0.39 is 0 Å². The molecule has 0 amide bonds. The van der Waals surface area contributed by atoms with Crippen LogP contribution in [-0.2, 0) is 24.2 Å². The number of halogens is 1. The van der Waals surface area contributed by atoms with Crippen LogP contribution in [0.5, 0.6) is 0 Å². The summed E-state index contributed by atoms with van der Waals surface area (Å²) in [5.74, 6) is 0.168. The zero-order valence-corrected chi connectivity index (χ0v) is 17.9.